The van der Waals surface area contributed by atoms with Gasteiger partial charge >= 0.3 is 12.7 Å². The molecule has 12 heteroatoms. The third-order valence-corrected chi connectivity index (χ3v) is 4.60. The molecule has 0 aliphatic heterocycles. The molecule has 0 saturated carbocycles. The van der Waals surface area contributed by atoms with Crippen molar-refractivity contribution in [2.45, 2.75) is 19.3 Å². The number of nitrogens with one attached hydrogen (secondary N) is 1. The maximum Gasteiger partial charge on any atom is 0.573 e. The van der Waals surface area contributed by atoms with Crippen LogP contribution in [0.1, 0.15) is 15.9 Å². The Labute approximate surface area is 191 Å². The quantitative estimate of drug-likeness (QED) is 0.380. The number of benzene rings is 2. The highest BCUT2D eigenvalue weighted by atomic mass is 79.9. The van der Waals surface area contributed by atoms with Gasteiger partial charge in [-0.2, -0.15) is 0 Å². The maximum atomic E-state index is 12.6. The molecule has 174 valence electrons. The molecule has 3 rings (SSSR count). The largest absolute Gasteiger partial charge is 0.573 e. The first-order valence-electron chi connectivity index (χ1n) is 9.04. The number of alkyl halides is 6. The number of amides is 1. The Morgan fingerprint density at radius 2 is 1.58 bits per heavy atom. The summed E-state index contributed by atoms with van der Waals surface area (Å²) in [5.41, 5.74) is 1.11. The van der Waals surface area contributed by atoms with Crippen LogP contribution in [0, 0.1) is 0 Å². The summed E-state index contributed by atoms with van der Waals surface area (Å²) in [6.07, 6.45) is -8.46. The fraction of sp³-hybridized carbons (Fsp3) is 0.143. The van der Waals surface area contributed by atoms with Crippen molar-refractivity contribution in [1.29, 1.82) is 0 Å². The van der Waals surface area contributed by atoms with Crippen LogP contribution in [0.2, 0.25) is 0 Å². The Balaban J connectivity index is 1.66. The van der Waals surface area contributed by atoms with Gasteiger partial charge in [0.05, 0.1) is 11.3 Å². The van der Waals surface area contributed by atoms with Gasteiger partial charge < -0.3 is 14.8 Å². The third kappa shape index (κ3) is 7.38. The van der Waals surface area contributed by atoms with Crippen LogP contribution in [0.4, 0.5) is 26.3 Å². The lowest BCUT2D eigenvalue weighted by atomic mass is 10.1. The van der Waals surface area contributed by atoms with Crippen LogP contribution < -0.4 is 14.8 Å². The lowest BCUT2D eigenvalue weighted by Crippen LogP contribution is -2.24. The fourth-order valence-corrected chi connectivity index (χ4v) is 3.04. The standard InChI is InChI=1S/C21H13BrF6N2O3/c22-15-5-1-13(18(9-15)33-21(26,27)28)10-30-19(31)14-4-8-17(29-11-14)12-2-6-16(7-3-12)32-20(23,24)25/h1-9,11H,10H2,(H,30,31). The Morgan fingerprint density at radius 3 is 2.15 bits per heavy atom. The first-order valence-corrected chi connectivity index (χ1v) is 9.83. The summed E-state index contributed by atoms with van der Waals surface area (Å²) in [4.78, 5) is 16.5. The van der Waals surface area contributed by atoms with Gasteiger partial charge in [-0.15, -0.1) is 26.3 Å². The van der Waals surface area contributed by atoms with Crippen LogP contribution >= 0.6 is 15.9 Å². The van der Waals surface area contributed by atoms with E-state index in [1.54, 1.807) is 0 Å². The molecule has 0 spiro atoms. The average Bonchev–Trinajstić information content (AvgIpc) is 2.71. The number of pyridine rings is 1. The van der Waals surface area contributed by atoms with Crippen molar-refractivity contribution in [2.24, 2.45) is 0 Å². The molecule has 0 unspecified atom stereocenters. The second-order valence-corrected chi connectivity index (χ2v) is 7.40. The maximum absolute atomic E-state index is 12.6. The highest BCUT2D eigenvalue weighted by Crippen LogP contribution is 2.30. The minimum atomic E-state index is -4.89. The number of rotatable bonds is 6. The van der Waals surface area contributed by atoms with Gasteiger partial charge in [-0.3, -0.25) is 9.78 Å². The number of hydrogen-bond acceptors (Lipinski definition) is 4. The summed E-state index contributed by atoms with van der Waals surface area (Å²) in [7, 11) is 0. The molecule has 0 bridgehead atoms. The monoisotopic (exact) mass is 534 g/mol. The number of carbonyl (C=O) groups is 1. The summed E-state index contributed by atoms with van der Waals surface area (Å²) in [5, 5.41) is 2.48. The van der Waals surface area contributed by atoms with Crippen molar-refractivity contribution in [2.75, 3.05) is 0 Å². The van der Waals surface area contributed by atoms with Gasteiger partial charge in [0.15, 0.2) is 0 Å². The molecule has 1 amide bonds. The van der Waals surface area contributed by atoms with E-state index in [1.165, 1.54) is 42.6 Å². The van der Waals surface area contributed by atoms with E-state index in [2.05, 4.69) is 35.7 Å². The number of hydrogen-bond donors (Lipinski definition) is 1. The van der Waals surface area contributed by atoms with Crippen LogP contribution in [0.3, 0.4) is 0 Å². The molecule has 0 radical (unpaired) electrons. The van der Waals surface area contributed by atoms with Crippen LogP contribution in [0.15, 0.2) is 65.3 Å². The fourth-order valence-electron chi connectivity index (χ4n) is 2.70. The zero-order valence-corrected chi connectivity index (χ0v) is 17.9. The van der Waals surface area contributed by atoms with Gasteiger partial charge in [0.25, 0.3) is 5.91 Å². The highest BCUT2D eigenvalue weighted by Gasteiger charge is 2.32. The molecule has 0 saturated heterocycles. The molecule has 2 aromatic carbocycles. The minimum Gasteiger partial charge on any atom is -0.406 e. The van der Waals surface area contributed by atoms with Crippen molar-refractivity contribution in [1.82, 2.24) is 10.3 Å². The number of carbonyl (C=O) groups excluding carboxylic acids is 1. The molecular weight excluding hydrogens is 522 g/mol. The van der Waals surface area contributed by atoms with E-state index in [0.29, 0.717) is 15.7 Å². The van der Waals surface area contributed by atoms with Crippen molar-refractivity contribution in [3.05, 3.63) is 76.4 Å². The molecule has 0 atom stereocenters. The molecule has 1 heterocycles. The van der Waals surface area contributed by atoms with Crippen molar-refractivity contribution < 1.29 is 40.6 Å². The predicted octanol–water partition coefficient (Wildman–Crippen LogP) is 6.24. The molecular formula is C21H13BrF6N2O3. The zero-order valence-electron chi connectivity index (χ0n) is 16.3. The first kappa shape index (κ1) is 24.4. The summed E-state index contributed by atoms with van der Waals surface area (Å²) in [6, 6.07) is 11.9. The van der Waals surface area contributed by atoms with Gasteiger partial charge in [0, 0.05) is 28.3 Å². The topological polar surface area (TPSA) is 60.5 Å². The molecule has 1 N–H and O–H groups in total. The van der Waals surface area contributed by atoms with Gasteiger partial charge in [-0.1, -0.05) is 22.0 Å². The molecule has 33 heavy (non-hydrogen) atoms. The van der Waals surface area contributed by atoms with Crippen LogP contribution in [-0.2, 0) is 6.54 Å². The van der Waals surface area contributed by atoms with Gasteiger partial charge in [-0.05, 0) is 48.5 Å². The molecule has 3 aromatic rings. The molecule has 1 aromatic heterocycles. The van der Waals surface area contributed by atoms with E-state index in [0.717, 1.165) is 18.2 Å². The number of nitrogens with zero attached hydrogens (tertiary/aromatic N) is 1. The van der Waals surface area contributed by atoms with Crippen molar-refractivity contribution >= 4 is 21.8 Å². The number of aromatic nitrogens is 1. The van der Waals surface area contributed by atoms with Crippen LogP contribution in [0.5, 0.6) is 11.5 Å². The van der Waals surface area contributed by atoms with E-state index >= 15 is 0 Å². The van der Waals surface area contributed by atoms with Gasteiger partial charge in [0.2, 0.25) is 0 Å². The lowest BCUT2D eigenvalue weighted by Gasteiger charge is -2.14. The summed E-state index contributed by atoms with van der Waals surface area (Å²) in [5.74, 6) is -1.43. The Hall–Kier alpha value is -3.28. The summed E-state index contributed by atoms with van der Waals surface area (Å²) in [6.45, 7) is -0.236. The van der Waals surface area contributed by atoms with Gasteiger partial charge in [-0.25, -0.2) is 0 Å². The summed E-state index contributed by atoms with van der Waals surface area (Å²) < 4.78 is 82.7. The van der Waals surface area contributed by atoms with Crippen LogP contribution in [-0.4, -0.2) is 23.6 Å². The molecule has 0 aliphatic carbocycles. The Morgan fingerprint density at radius 1 is 0.909 bits per heavy atom. The molecule has 0 aliphatic rings. The molecule has 5 nitrogen and oxygen atoms in total. The van der Waals surface area contributed by atoms with Crippen molar-refractivity contribution in [3.63, 3.8) is 0 Å². The second-order valence-electron chi connectivity index (χ2n) is 6.49. The lowest BCUT2D eigenvalue weighted by molar-refractivity contribution is -0.275. The molecule has 0 fully saturated rings. The first-order chi connectivity index (χ1) is 15.4. The van der Waals surface area contributed by atoms with Crippen molar-refractivity contribution in [3.8, 4) is 22.8 Å². The Kier molecular flexibility index (Phi) is 7.15. The number of ether oxygens (including phenoxy) is 2. The number of halogens is 7. The zero-order chi connectivity index (χ0) is 24.2. The van der Waals surface area contributed by atoms with E-state index in [-0.39, 0.29) is 23.4 Å². The predicted molar refractivity (Wildman–Crippen MR) is 108 cm³/mol. The average molecular weight is 535 g/mol. The second kappa shape index (κ2) is 9.69. The smallest absolute Gasteiger partial charge is 0.406 e. The Bertz CT molecular complexity index is 1120. The summed E-state index contributed by atoms with van der Waals surface area (Å²) >= 11 is 3.06. The third-order valence-electron chi connectivity index (χ3n) is 4.10. The van der Waals surface area contributed by atoms with E-state index in [9.17, 15) is 31.1 Å². The van der Waals surface area contributed by atoms with E-state index < -0.39 is 24.4 Å². The van der Waals surface area contributed by atoms with E-state index in [1.807, 2.05) is 0 Å². The van der Waals surface area contributed by atoms with Gasteiger partial charge in [0.1, 0.15) is 11.5 Å². The van der Waals surface area contributed by atoms with Crippen LogP contribution in [0.25, 0.3) is 11.3 Å². The highest BCUT2D eigenvalue weighted by molar-refractivity contribution is 9.10. The SMILES string of the molecule is O=C(NCc1ccc(Br)cc1OC(F)(F)F)c1ccc(-c2ccc(OC(F)(F)F)cc2)nc1. The minimum absolute atomic E-state index is 0.106. The van der Waals surface area contributed by atoms with E-state index in [4.69, 9.17) is 0 Å². The normalized spacial score (nSPS) is 11.7.